The van der Waals surface area contributed by atoms with Crippen molar-refractivity contribution in [2.45, 2.75) is 6.92 Å². The van der Waals surface area contributed by atoms with Crippen molar-refractivity contribution in [3.63, 3.8) is 0 Å². The predicted molar refractivity (Wildman–Crippen MR) is 62.4 cm³/mol. The fourth-order valence-corrected chi connectivity index (χ4v) is 1.04. The lowest BCUT2D eigenvalue weighted by atomic mass is 10.3. The number of nitrogens with one attached hydrogen (secondary N) is 1. The number of aromatic nitrogens is 2. The Morgan fingerprint density at radius 3 is 2.59 bits per heavy atom. The number of amides is 2. The Bertz CT molecular complexity index is 404. The second-order valence-electron chi connectivity index (χ2n) is 3.43. The molecule has 0 aliphatic carbocycles. The molecule has 0 aliphatic rings. The molecule has 0 saturated heterocycles. The van der Waals surface area contributed by atoms with Crippen molar-refractivity contribution in [3.05, 3.63) is 17.8 Å². The summed E-state index contributed by atoms with van der Waals surface area (Å²) in [4.78, 5) is 23.8. The van der Waals surface area contributed by atoms with Crippen LogP contribution >= 0.6 is 0 Å². The molecule has 0 saturated carbocycles. The molecule has 1 aromatic heterocycles. The highest BCUT2D eigenvalue weighted by Crippen LogP contribution is 2.01. The lowest BCUT2D eigenvalue weighted by molar-refractivity contribution is -0.127. The molecule has 2 amide bonds. The third kappa shape index (κ3) is 3.71. The number of carbonyl (C=O) groups is 2. The molecule has 0 radical (unpaired) electrons. The summed E-state index contributed by atoms with van der Waals surface area (Å²) in [6.07, 6.45) is 0. The van der Waals surface area contributed by atoms with Crippen molar-refractivity contribution >= 4 is 17.6 Å². The molecule has 1 aromatic rings. The number of hydrogen-bond donors (Lipinski definition) is 2. The Hall–Kier alpha value is -2.18. The second-order valence-corrected chi connectivity index (χ2v) is 3.43. The molecular formula is C10H15N5O2. The van der Waals surface area contributed by atoms with Crippen LogP contribution in [0.15, 0.2) is 12.1 Å². The Labute approximate surface area is 99.0 Å². The summed E-state index contributed by atoms with van der Waals surface area (Å²) < 4.78 is 0. The van der Waals surface area contributed by atoms with Gasteiger partial charge in [-0.3, -0.25) is 9.59 Å². The zero-order chi connectivity index (χ0) is 12.8. The predicted octanol–water partition coefficient (Wildman–Crippen LogP) is -0.534. The van der Waals surface area contributed by atoms with Crippen LogP contribution in [-0.2, 0) is 4.79 Å². The number of carbonyl (C=O) groups excluding carboxylic acids is 2. The SMILES string of the molecule is CCN(C)C(=O)CNc1ccc(C(N)=O)nn1. The third-order valence-corrected chi connectivity index (χ3v) is 2.24. The van der Waals surface area contributed by atoms with E-state index in [2.05, 4.69) is 15.5 Å². The van der Waals surface area contributed by atoms with Gasteiger partial charge in [-0.05, 0) is 19.1 Å². The Morgan fingerprint density at radius 1 is 1.41 bits per heavy atom. The molecule has 1 rings (SSSR count). The van der Waals surface area contributed by atoms with Crippen molar-refractivity contribution in [1.29, 1.82) is 0 Å². The molecular weight excluding hydrogens is 222 g/mol. The van der Waals surface area contributed by atoms with Crippen LogP contribution in [0.25, 0.3) is 0 Å². The van der Waals surface area contributed by atoms with Crippen LogP contribution in [0.4, 0.5) is 5.82 Å². The molecule has 17 heavy (non-hydrogen) atoms. The van der Waals surface area contributed by atoms with Gasteiger partial charge in [0.25, 0.3) is 5.91 Å². The molecule has 0 fully saturated rings. The number of hydrogen-bond acceptors (Lipinski definition) is 5. The normalized spacial score (nSPS) is 9.76. The highest BCUT2D eigenvalue weighted by atomic mass is 16.2. The smallest absolute Gasteiger partial charge is 0.269 e. The first-order chi connectivity index (χ1) is 8.04. The van der Waals surface area contributed by atoms with Crippen molar-refractivity contribution in [2.24, 2.45) is 5.73 Å². The highest BCUT2D eigenvalue weighted by Gasteiger charge is 2.07. The summed E-state index contributed by atoms with van der Waals surface area (Å²) in [5.74, 6) is -0.257. The van der Waals surface area contributed by atoms with Crippen LogP contribution in [0.2, 0.25) is 0 Å². The maximum Gasteiger partial charge on any atom is 0.269 e. The first-order valence-electron chi connectivity index (χ1n) is 5.16. The van der Waals surface area contributed by atoms with Gasteiger partial charge in [0.1, 0.15) is 5.82 Å². The maximum absolute atomic E-state index is 11.5. The van der Waals surface area contributed by atoms with E-state index in [4.69, 9.17) is 5.73 Å². The van der Waals surface area contributed by atoms with Gasteiger partial charge in [-0.15, -0.1) is 10.2 Å². The summed E-state index contributed by atoms with van der Waals surface area (Å²) in [6, 6.07) is 3.00. The first-order valence-corrected chi connectivity index (χ1v) is 5.16. The van der Waals surface area contributed by atoms with E-state index >= 15 is 0 Å². The number of anilines is 1. The molecule has 1 heterocycles. The van der Waals surface area contributed by atoms with E-state index in [-0.39, 0.29) is 18.1 Å². The van der Waals surface area contributed by atoms with Gasteiger partial charge in [0, 0.05) is 13.6 Å². The van der Waals surface area contributed by atoms with Crippen molar-refractivity contribution < 1.29 is 9.59 Å². The summed E-state index contributed by atoms with van der Waals surface area (Å²) in [6.45, 7) is 2.67. The summed E-state index contributed by atoms with van der Waals surface area (Å²) in [7, 11) is 1.71. The second kappa shape index (κ2) is 5.78. The van der Waals surface area contributed by atoms with E-state index in [1.807, 2.05) is 6.92 Å². The van der Waals surface area contributed by atoms with Crippen LogP contribution in [-0.4, -0.2) is 47.0 Å². The highest BCUT2D eigenvalue weighted by molar-refractivity contribution is 5.90. The minimum absolute atomic E-state index is 0.0479. The van der Waals surface area contributed by atoms with Crippen LogP contribution in [0.5, 0.6) is 0 Å². The fraction of sp³-hybridized carbons (Fsp3) is 0.400. The topological polar surface area (TPSA) is 101 Å². The van der Waals surface area contributed by atoms with Crippen molar-refractivity contribution in [1.82, 2.24) is 15.1 Å². The van der Waals surface area contributed by atoms with Crippen LogP contribution in [0.1, 0.15) is 17.4 Å². The zero-order valence-corrected chi connectivity index (χ0v) is 9.80. The minimum atomic E-state index is -0.633. The number of rotatable bonds is 5. The summed E-state index contributed by atoms with van der Waals surface area (Å²) in [5, 5.41) is 10.1. The van der Waals surface area contributed by atoms with Gasteiger partial charge >= 0.3 is 0 Å². The third-order valence-electron chi connectivity index (χ3n) is 2.24. The van der Waals surface area contributed by atoms with E-state index in [9.17, 15) is 9.59 Å². The molecule has 92 valence electrons. The molecule has 7 heteroatoms. The molecule has 0 aliphatic heterocycles. The van der Waals surface area contributed by atoms with Crippen molar-refractivity contribution in [3.8, 4) is 0 Å². The number of nitrogens with two attached hydrogens (primary N) is 1. The van der Waals surface area contributed by atoms with Crippen LogP contribution in [0.3, 0.4) is 0 Å². The van der Waals surface area contributed by atoms with Gasteiger partial charge in [0.2, 0.25) is 5.91 Å². The largest absolute Gasteiger partial charge is 0.364 e. The van der Waals surface area contributed by atoms with Gasteiger partial charge in [-0.1, -0.05) is 0 Å². The first kappa shape index (κ1) is 12.9. The van der Waals surface area contributed by atoms with Crippen molar-refractivity contribution in [2.75, 3.05) is 25.5 Å². The van der Waals surface area contributed by atoms with Gasteiger partial charge in [-0.25, -0.2) is 0 Å². The van der Waals surface area contributed by atoms with Gasteiger partial charge in [0.15, 0.2) is 5.69 Å². The van der Waals surface area contributed by atoms with E-state index in [0.717, 1.165) is 0 Å². The Kier molecular flexibility index (Phi) is 4.38. The summed E-state index contributed by atoms with van der Waals surface area (Å²) >= 11 is 0. The zero-order valence-electron chi connectivity index (χ0n) is 9.80. The Morgan fingerprint density at radius 2 is 2.12 bits per heavy atom. The molecule has 0 unspecified atom stereocenters. The molecule has 0 bridgehead atoms. The van der Waals surface area contributed by atoms with Gasteiger partial charge in [-0.2, -0.15) is 0 Å². The average Bonchev–Trinajstić information content (AvgIpc) is 2.35. The lowest BCUT2D eigenvalue weighted by Gasteiger charge is -2.14. The van der Waals surface area contributed by atoms with Gasteiger partial charge < -0.3 is 16.0 Å². The minimum Gasteiger partial charge on any atom is -0.364 e. The lowest BCUT2D eigenvalue weighted by Crippen LogP contribution is -2.32. The van der Waals surface area contributed by atoms with E-state index in [0.29, 0.717) is 12.4 Å². The van der Waals surface area contributed by atoms with E-state index < -0.39 is 5.91 Å². The molecule has 0 aromatic carbocycles. The average molecular weight is 237 g/mol. The standard InChI is InChI=1S/C10H15N5O2/c1-3-15(2)9(16)6-12-8-5-4-7(10(11)17)13-14-8/h4-5H,3,6H2,1-2H3,(H2,11,17)(H,12,14). The molecule has 0 spiro atoms. The Balaban J connectivity index is 2.53. The van der Waals surface area contributed by atoms with E-state index in [1.54, 1.807) is 18.0 Å². The van der Waals surface area contributed by atoms with Gasteiger partial charge in [0.05, 0.1) is 6.54 Å². The molecule has 3 N–H and O–H groups in total. The number of likely N-dealkylation sites (N-methyl/N-ethyl adjacent to an activating group) is 1. The number of nitrogens with zero attached hydrogens (tertiary/aromatic N) is 3. The quantitative estimate of drug-likeness (QED) is 0.716. The molecule has 7 nitrogen and oxygen atoms in total. The monoisotopic (exact) mass is 237 g/mol. The molecule has 0 atom stereocenters. The fourth-order valence-electron chi connectivity index (χ4n) is 1.04. The summed E-state index contributed by atoms with van der Waals surface area (Å²) in [5.41, 5.74) is 5.11. The number of primary amides is 1. The maximum atomic E-state index is 11.5. The van der Waals surface area contributed by atoms with Crippen LogP contribution < -0.4 is 11.1 Å². The van der Waals surface area contributed by atoms with E-state index in [1.165, 1.54) is 6.07 Å². The van der Waals surface area contributed by atoms with Crippen LogP contribution in [0, 0.1) is 0 Å².